The lowest BCUT2D eigenvalue weighted by Gasteiger charge is -1.99. The van der Waals surface area contributed by atoms with Crippen molar-refractivity contribution in [1.29, 1.82) is 0 Å². The van der Waals surface area contributed by atoms with E-state index < -0.39 is 0 Å². The van der Waals surface area contributed by atoms with Gasteiger partial charge in [0.15, 0.2) is 0 Å². The predicted molar refractivity (Wildman–Crippen MR) is 62.6 cm³/mol. The smallest absolute Gasteiger partial charge is 0.251 e. The van der Waals surface area contributed by atoms with Crippen molar-refractivity contribution in [2.45, 2.75) is 20.3 Å². The maximum atomic E-state index is 11.3. The van der Waals surface area contributed by atoms with Gasteiger partial charge in [-0.15, -0.1) is 0 Å². The summed E-state index contributed by atoms with van der Waals surface area (Å²) in [5.74, 6) is 0. The quantitative estimate of drug-likeness (QED) is 0.812. The van der Waals surface area contributed by atoms with Crippen LogP contribution >= 0.6 is 22.6 Å². The number of rotatable bonds is 1. The highest BCUT2D eigenvalue weighted by atomic mass is 127. The van der Waals surface area contributed by atoms with Crippen molar-refractivity contribution in [3.05, 3.63) is 31.4 Å². The molecule has 0 aliphatic rings. The van der Waals surface area contributed by atoms with Gasteiger partial charge in [0.2, 0.25) is 0 Å². The zero-order valence-electron chi connectivity index (χ0n) is 7.97. The van der Waals surface area contributed by atoms with Crippen molar-refractivity contribution in [3.63, 3.8) is 0 Å². The van der Waals surface area contributed by atoms with Gasteiger partial charge in [-0.2, -0.15) is 5.10 Å². The Morgan fingerprint density at radius 2 is 2.36 bits per heavy atom. The number of fused-ring (bicyclic) bond motifs is 1. The van der Waals surface area contributed by atoms with Gasteiger partial charge in [0.1, 0.15) is 5.65 Å². The molecule has 0 aliphatic heterocycles. The summed E-state index contributed by atoms with van der Waals surface area (Å²) in [7, 11) is 0. The van der Waals surface area contributed by atoms with E-state index in [-0.39, 0.29) is 5.56 Å². The maximum absolute atomic E-state index is 11.3. The zero-order chi connectivity index (χ0) is 10.3. The highest BCUT2D eigenvalue weighted by Crippen LogP contribution is 2.15. The maximum Gasteiger partial charge on any atom is 0.251 e. The molecule has 0 bridgehead atoms. The molecule has 0 aliphatic carbocycles. The van der Waals surface area contributed by atoms with Crippen LogP contribution in [0.3, 0.4) is 0 Å². The third-order valence-corrected chi connectivity index (χ3v) is 3.45. The highest BCUT2D eigenvalue weighted by molar-refractivity contribution is 14.1. The van der Waals surface area contributed by atoms with E-state index in [1.807, 2.05) is 13.8 Å². The molecule has 2 heterocycles. The molecule has 1 N–H and O–H groups in total. The Morgan fingerprint density at radius 1 is 1.64 bits per heavy atom. The Kier molecular flexibility index (Phi) is 2.34. The lowest BCUT2D eigenvalue weighted by molar-refractivity contribution is 0.831. The fourth-order valence-corrected chi connectivity index (χ4v) is 1.91. The second-order valence-corrected chi connectivity index (χ2v) is 4.22. The Hall–Kier alpha value is -0.850. The van der Waals surface area contributed by atoms with Crippen molar-refractivity contribution < 1.29 is 0 Å². The van der Waals surface area contributed by atoms with Gasteiger partial charge in [0, 0.05) is 11.8 Å². The standard InChI is InChI=1S/C9H10IN3O/c1-3-6-4-7(14)11-9-8(10)5(2)12-13(6)9/h4H,3H2,1-2H3,(H,11,14). The largest absolute Gasteiger partial charge is 0.306 e. The van der Waals surface area contributed by atoms with E-state index in [0.717, 1.165) is 27.0 Å². The SMILES string of the molecule is CCc1cc(=O)[nH]c2c(I)c(C)nn12. The molecular formula is C9H10IN3O. The normalized spacial score (nSPS) is 11.1. The van der Waals surface area contributed by atoms with Crippen LogP contribution < -0.4 is 5.56 Å². The molecule has 4 nitrogen and oxygen atoms in total. The van der Waals surface area contributed by atoms with Gasteiger partial charge in [0.05, 0.1) is 9.26 Å². The van der Waals surface area contributed by atoms with Gasteiger partial charge < -0.3 is 4.98 Å². The minimum Gasteiger partial charge on any atom is -0.306 e. The molecule has 0 unspecified atom stereocenters. The van der Waals surface area contributed by atoms with Crippen LogP contribution in [-0.4, -0.2) is 14.6 Å². The molecular weight excluding hydrogens is 293 g/mol. The van der Waals surface area contributed by atoms with Crippen LogP contribution in [0.2, 0.25) is 0 Å². The number of aryl methyl sites for hydroxylation is 2. The first-order chi connectivity index (χ1) is 6.63. The minimum absolute atomic E-state index is 0.0628. The van der Waals surface area contributed by atoms with Gasteiger partial charge in [0.25, 0.3) is 5.56 Å². The van der Waals surface area contributed by atoms with Gasteiger partial charge >= 0.3 is 0 Å². The fraction of sp³-hybridized carbons (Fsp3) is 0.333. The Bertz CT molecular complexity index is 541. The summed E-state index contributed by atoms with van der Waals surface area (Å²) in [5, 5.41) is 4.36. The van der Waals surface area contributed by atoms with Crippen LogP contribution in [0.15, 0.2) is 10.9 Å². The van der Waals surface area contributed by atoms with Crippen LogP contribution in [0.1, 0.15) is 18.3 Å². The summed E-state index contributed by atoms with van der Waals surface area (Å²) < 4.78 is 2.81. The van der Waals surface area contributed by atoms with E-state index in [1.54, 1.807) is 10.6 Å². The third kappa shape index (κ3) is 1.35. The average molecular weight is 303 g/mol. The summed E-state index contributed by atoms with van der Waals surface area (Å²) in [6, 6.07) is 1.59. The molecule has 0 amide bonds. The van der Waals surface area contributed by atoms with Crippen LogP contribution in [0, 0.1) is 10.5 Å². The number of hydrogen-bond acceptors (Lipinski definition) is 2. The second-order valence-electron chi connectivity index (χ2n) is 3.14. The van der Waals surface area contributed by atoms with Crippen molar-refractivity contribution in [2.24, 2.45) is 0 Å². The third-order valence-electron chi connectivity index (χ3n) is 2.16. The first-order valence-electron chi connectivity index (χ1n) is 4.40. The van der Waals surface area contributed by atoms with E-state index >= 15 is 0 Å². The van der Waals surface area contributed by atoms with E-state index in [9.17, 15) is 4.79 Å². The molecule has 2 aromatic heterocycles. The highest BCUT2D eigenvalue weighted by Gasteiger charge is 2.09. The first kappa shape index (κ1) is 9.70. The van der Waals surface area contributed by atoms with Crippen molar-refractivity contribution in [3.8, 4) is 0 Å². The molecule has 2 aromatic rings. The predicted octanol–water partition coefficient (Wildman–Crippen LogP) is 1.50. The lowest BCUT2D eigenvalue weighted by Crippen LogP contribution is -2.11. The van der Waals surface area contributed by atoms with E-state index in [0.29, 0.717) is 0 Å². The first-order valence-corrected chi connectivity index (χ1v) is 5.48. The molecule has 0 atom stereocenters. The number of aromatic amines is 1. The number of halogens is 1. The lowest BCUT2D eigenvalue weighted by atomic mass is 10.3. The van der Waals surface area contributed by atoms with Crippen molar-refractivity contribution >= 4 is 28.2 Å². The van der Waals surface area contributed by atoms with E-state index in [1.165, 1.54) is 0 Å². The summed E-state index contributed by atoms with van der Waals surface area (Å²) >= 11 is 2.19. The number of nitrogens with zero attached hydrogens (tertiary/aromatic N) is 2. The van der Waals surface area contributed by atoms with Crippen LogP contribution in [0.25, 0.3) is 5.65 Å². The second kappa shape index (κ2) is 3.38. The number of nitrogens with one attached hydrogen (secondary N) is 1. The molecule has 0 radical (unpaired) electrons. The molecule has 74 valence electrons. The zero-order valence-corrected chi connectivity index (χ0v) is 10.1. The molecule has 2 rings (SSSR count). The summed E-state index contributed by atoms with van der Waals surface area (Å²) in [5.41, 5.74) is 2.62. The van der Waals surface area contributed by atoms with Gasteiger partial charge in [-0.3, -0.25) is 4.79 Å². The van der Waals surface area contributed by atoms with Crippen LogP contribution in [0.4, 0.5) is 0 Å². The number of H-pyrrole nitrogens is 1. The van der Waals surface area contributed by atoms with Crippen molar-refractivity contribution in [2.75, 3.05) is 0 Å². The topological polar surface area (TPSA) is 50.2 Å². The molecule has 0 fully saturated rings. The van der Waals surface area contributed by atoms with E-state index in [4.69, 9.17) is 0 Å². The van der Waals surface area contributed by atoms with Crippen molar-refractivity contribution in [1.82, 2.24) is 14.6 Å². The Morgan fingerprint density at radius 3 is 3.00 bits per heavy atom. The van der Waals surface area contributed by atoms with Gasteiger partial charge in [-0.25, -0.2) is 4.52 Å². The number of hydrogen-bond donors (Lipinski definition) is 1. The fourth-order valence-electron chi connectivity index (χ4n) is 1.44. The van der Waals surface area contributed by atoms with E-state index in [2.05, 4.69) is 32.7 Å². The molecule has 5 heteroatoms. The Balaban J connectivity index is 2.94. The van der Waals surface area contributed by atoms with Crippen LogP contribution in [-0.2, 0) is 6.42 Å². The van der Waals surface area contributed by atoms with Gasteiger partial charge in [-0.05, 0) is 35.9 Å². The molecule has 0 aromatic carbocycles. The molecule has 0 saturated heterocycles. The summed E-state index contributed by atoms with van der Waals surface area (Å²) in [6.07, 6.45) is 0.803. The minimum atomic E-state index is -0.0628. The molecule has 0 spiro atoms. The number of aromatic nitrogens is 3. The molecule has 0 saturated carbocycles. The average Bonchev–Trinajstić information content (AvgIpc) is 2.43. The van der Waals surface area contributed by atoms with Crippen LogP contribution in [0.5, 0.6) is 0 Å². The molecule has 14 heavy (non-hydrogen) atoms. The summed E-state index contributed by atoms with van der Waals surface area (Å²) in [6.45, 7) is 3.95. The Labute approximate surface area is 94.5 Å². The monoisotopic (exact) mass is 303 g/mol. The summed E-state index contributed by atoms with van der Waals surface area (Å²) in [4.78, 5) is 14.1. The van der Waals surface area contributed by atoms with Gasteiger partial charge in [-0.1, -0.05) is 6.92 Å².